The third-order valence-electron chi connectivity index (χ3n) is 1.74. The van der Waals surface area contributed by atoms with Gasteiger partial charge in [0, 0.05) is 13.1 Å². The molecule has 76 valence electrons. The first kappa shape index (κ1) is 11.0. The zero-order valence-electron chi connectivity index (χ0n) is 7.68. The monoisotopic (exact) mass is 196 g/mol. The lowest BCUT2D eigenvalue weighted by Gasteiger charge is -2.08. The van der Waals surface area contributed by atoms with Crippen LogP contribution >= 0.6 is 0 Å². The zero-order valence-corrected chi connectivity index (χ0v) is 7.68. The molecule has 0 aromatic heterocycles. The first-order chi connectivity index (χ1) is 6.65. The van der Waals surface area contributed by atoms with Crippen LogP contribution in [0.25, 0.3) is 0 Å². The molecule has 0 aliphatic rings. The van der Waals surface area contributed by atoms with E-state index < -0.39 is 7.32 Å². The average Bonchev–Trinajstić information content (AvgIpc) is 2.16. The Balaban J connectivity index is 2.92. The molecule has 1 rings (SSSR count). The largest absolute Gasteiger partial charge is 0.707 e. The lowest BCUT2D eigenvalue weighted by Crippen LogP contribution is -2.21. The molecule has 6 N–H and O–H groups in total. The quantitative estimate of drug-likeness (QED) is 0.460. The van der Waals surface area contributed by atoms with E-state index >= 15 is 0 Å². The van der Waals surface area contributed by atoms with Gasteiger partial charge in [-0.15, -0.1) is 0 Å². The van der Waals surface area contributed by atoms with Crippen molar-refractivity contribution in [3.05, 3.63) is 29.3 Å². The van der Waals surface area contributed by atoms with Crippen molar-refractivity contribution in [2.24, 2.45) is 11.5 Å². The third kappa shape index (κ3) is 3.00. The van der Waals surface area contributed by atoms with Crippen molar-refractivity contribution < 1.29 is 14.7 Å². The Hall–Kier alpha value is -1.08. The maximum Gasteiger partial charge on any atom is 0.707 e. The van der Waals surface area contributed by atoms with Crippen LogP contribution in [-0.4, -0.2) is 17.4 Å². The van der Waals surface area contributed by atoms with Gasteiger partial charge in [-0.1, -0.05) is 6.07 Å². The van der Waals surface area contributed by atoms with Gasteiger partial charge in [-0.3, -0.25) is 0 Å². The summed E-state index contributed by atoms with van der Waals surface area (Å²) >= 11 is 0. The van der Waals surface area contributed by atoms with Gasteiger partial charge in [-0.05, 0) is 23.3 Å². The number of benzene rings is 1. The second-order valence-corrected chi connectivity index (χ2v) is 2.84. The summed E-state index contributed by atoms with van der Waals surface area (Å²) in [5.41, 5.74) is 12.6. The van der Waals surface area contributed by atoms with Crippen LogP contribution in [0.2, 0.25) is 0 Å². The van der Waals surface area contributed by atoms with Gasteiger partial charge in [-0.25, -0.2) is 0 Å². The predicted octanol–water partition coefficient (Wildman–Crippen LogP) is -1.05. The Bertz CT molecular complexity index is 284. The molecule has 0 spiro atoms. The predicted molar refractivity (Wildman–Crippen MR) is 53.0 cm³/mol. The lowest BCUT2D eigenvalue weighted by molar-refractivity contribution is 0.288. The Morgan fingerprint density at radius 2 is 1.57 bits per heavy atom. The zero-order chi connectivity index (χ0) is 10.6. The van der Waals surface area contributed by atoms with E-state index in [1.807, 2.05) is 6.07 Å². The van der Waals surface area contributed by atoms with Crippen molar-refractivity contribution in [1.82, 2.24) is 0 Å². The first-order valence-corrected chi connectivity index (χ1v) is 4.21. The molecule has 0 fully saturated rings. The van der Waals surface area contributed by atoms with Crippen molar-refractivity contribution in [2.45, 2.75) is 13.1 Å². The summed E-state index contributed by atoms with van der Waals surface area (Å²) < 4.78 is 4.70. The summed E-state index contributed by atoms with van der Waals surface area (Å²) in [6.07, 6.45) is 0. The van der Waals surface area contributed by atoms with E-state index in [1.165, 1.54) is 0 Å². The van der Waals surface area contributed by atoms with Crippen molar-refractivity contribution in [3.63, 3.8) is 0 Å². The van der Waals surface area contributed by atoms with Crippen molar-refractivity contribution >= 4 is 7.32 Å². The normalized spacial score (nSPS) is 10.0. The fraction of sp³-hybridized carbons (Fsp3) is 0.250. The molecule has 0 atom stereocenters. The highest BCUT2D eigenvalue weighted by Gasteiger charge is 2.11. The van der Waals surface area contributed by atoms with E-state index in [0.717, 1.165) is 11.1 Å². The Morgan fingerprint density at radius 1 is 1.07 bits per heavy atom. The maximum absolute atomic E-state index is 8.60. The minimum atomic E-state index is -1.83. The number of nitrogens with two attached hydrogens (primary N) is 2. The molecule has 1 aromatic carbocycles. The van der Waals surface area contributed by atoms with Gasteiger partial charge in [0.1, 0.15) is 5.75 Å². The van der Waals surface area contributed by atoms with Gasteiger partial charge in [0.2, 0.25) is 0 Å². The SMILES string of the molecule is NCc1cc(CN)cc(OB(O)O)c1. The minimum absolute atomic E-state index is 0.350. The average molecular weight is 196 g/mol. The van der Waals surface area contributed by atoms with E-state index in [9.17, 15) is 0 Å². The molecular weight excluding hydrogens is 183 g/mol. The molecule has 0 bridgehead atoms. The smallest absolute Gasteiger partial charge is 0.512 e. The fourth-order valence-corrected chi connectivity index (χ4v) is 1.15. The second kappa shape index (κ2) is 4.97. The van der Waals surface area contributed by atoms with E-state index in [1.54, 1.807) is 12.1 Å². The van der Waals surface area contributed by atoms with Gasteiger partial charge in [0.25, 0.3) is 0 Å². The molecule has 0 heterocycles. The Morgan fingerprint density at radius 3 is 1.93 bits per heavy atom. The van der Waals surface area contributed by atoms with E-state index in [2.05, 4.69) is 0 Å². The molecule has 0 saturated carbocycles. The van der Waals surface area contributed by atoms with Gasteiger partial charge in [0.05, 0.1) is 0 Å². The van der Waals surface area contributed by atoms with Crippen LogP contribution in [0.3, 0.4) is 0 Å². The third-order valence-corrected chi connectivity index (χ3v) is 1.74. The number of hydrogen-bond acceptors (Lipinski definition) is 5. The van der Waals surface area contributed by atoms with Gasteiger partial charge in [-0.2, -0.15) is 0 Å². The van der Waals surface area contributed by atoms with Crippen LogP contribution in [0.4, 0.5) is 0 Å². The molecule has 1 aromatic rings. The van der Waals surface area contributed by atoms with Gasteiger partial charge in [0.15, 0.2) is 0 Å². The summed E-state index contributed by atoms with van der Waals surface area (Å²) in [6, 6.07) is 5.12. The molecular formula is C8H13BN2O3. The van der Waals surface area contributed by atoms with Crippen LogP contribution in [0, 0.1) is 0 Å². The van der Waals surface area contributed by atoms with Crippen LogP contribution < -0.4 is 16.1 Å². The van der Waals surface area contributed by atoms with E-state index in [0.29, 0.717) is 18.8 Å². The topological polar surface area (TPSA) is 102 Å². The minimum Gasteiger partial charge on any atom is -0.512 e. The highest BCUT2D eigenvalue weighted by molar-refractivity contribution is 6.33. The molecule has 0 aliphatic carbocycles. The van der Waals surface area contributed by atoms with Crippen LogP contribution in [-0.2, 0) is 13.1 Å². The Kier molecular flexibility index (Phi) is 3.90. The van der Waals surface area contributed by atoms with Crippen LogP contribution in [0.15, 0.2) is 18.2 Å². The number of rotatable bonds is 4. The van der Waals surface area contributed by atoms with Crippen molar-refractivity contribution in [2.75, 3.05) is 0 Å². The van der Waals surface area contributed by atoms with Gasteiger partial charge >= 0.3 is 7.32 Å². The Labute approximate surface area is 82.5 Å². The summed E-state index contributed by atoms with van der Waals surface area (Å²) in [4.78, 5) is 0. The summed E-state index contributed by atoms with van der Waals surface area (Å²) in [7, 11) is -1.83. The fourth-order valence-electron chi connectivity index (χ4n) is 1.15. The summed E-state index contributed by atoms with van der Waals surface area (Å²) in [5, 5.41) is 17.2. The van der Waals surface area contributed by atoms with Crippen molar-refractivity contribution in [3.8, 4) is 5.75 Å². The van der Waals surface area contributed by atoms with Crippen LogP contribution in [0.1, 0.15) is 11.1 Å². The second-order valence-electron chi connectivity index (χ2n) is 2.84. The molecule has 0 aliphatic heterocycles. The molecule has 14 heavy (non-hydrogen) atoms. The lowest BCUT2D eigenvalue weighted by atomic mass is 10.1. The van der Waals surface area contributed by atoms with Crippen molar-refractivity contribution in [1.29, 1.82) is 0 Å². The molecule has 0 saturated heterocycles. The number of hydrogen-bond donors (Lipinski definition) is 4. The molecule has 0 unspecified atom stereocenters. The summed E-state index contributed by atoms with van der Waals surface area (Å²) in [5.74, 6) is 0.350. The first-order valence-electron chi connectivity index (χ1n) is 4.21. The molecule has 5 nitrogen and oxygen atoms in total. The van der Waals surface area contributed by atoms with E-state index in [4.69, 9.17) is 26.2 Å². The van der Waals surface area contributed by atoms with Crippen LogP contribution in [0.5, 0.6) is 5.75 Å². The molecule has 0 amide bonds. The molecule has 6 heteroatoms. The highest BCUT2D eigenvalue weighted by Crippen LogP contribution is 2.17. The highest BCUT2D eigenvalue weighted by atomic mass is 16.6. The van der Waals surface area contributed by atoms with E-state index in [-0.39, 0.29) is 0 Å². The molecule has 0 radical (unpaired) electrons. The standard InChI is InChI=1S/C8H13BN2O3/c10-4-6-1-7(5-11)3-8(2-6)14-9(12)13/h1-3,12-13H,4-5,10-11H2. The van der Waals surface area contributed by atoms with Gasteiger partial charge < -0.3 is 26.2 Å². The summed E-state index contributed by atoms with van der Waals surface area (Å²) in [6.45, 7) is 0.706. The maximum atomic E-state index is 8.60.